The number of hydrogen-bond acceptors (Lipinski definition) is 4. The van der Waals surface area contributed by atoms with Crippen LogP contribution in [-0.4, -0.2) is 29.9 Å². The minimum absolute atomic E-state index is 0.215. The molecule has 0 saturated heterocycles. The second-order valence-corrected chi connectivity index (χ2v) is 6.77. The van der Waals surface area contributed by atoms with Crippen LogP contribution in [-0.2, 0) is 11.3 Å². The molecule has 0 aliphatic carbocycles. The van der Waals surface area contributed by atoms with Crippen LogP contribution in [0.3, 0.4) is 0 Å². The number of aromatic carboxylic acids is 1. The van der Waals surface area contributed by atoms with E-state index in [1.165, 1.54) is 0 Å². The predicted octanol–water partition coefficient (Wildman–Crippen LogP) is 4.09. The first kappa shape index (κ1) is 19.3. The number of ether oxygens (including phenoxy) is 2. The van der Waals surface area contributed by atoms with E-state index in [0.29, 0.717) is 5.75 Å². The van der Waals surface area contributed by atoms with Crippen LogP contribution in [0.5, 0.6) is 5.75 Å². The van der Waals surface area contributed by atoms with Gasteiger partial charge in [-0.05, 0) is 56.2 Å². The van der Waals surface area contributed by atoms with Gasteiger partial charge >= 0.3 is 12.1 Å². The zero-order valence-electron chi connectivity index (χ0n) is 15.3. The van der Waals surface area contributed by atoms with Crippen LogP contribution < -0.4 is 10.1 Å². The summed E-state index contributed by atoms with van der Waals surface area (Å²) in [6.07, 6.45) is -0.516. The highest BCUT2D eigenvalue weighted by Crippen LogP contribution is 2.27. The van der Waals surface area contributed by atoms with Crippen LogP contribution in [0.25, 0.3) is 11.1 Å². The summed E-state index contributed by atoms with van der Waals surface area (Å²) >= 11 is 0. The number of carbonyl (C=O) groups excluding carboxylic acids is 1. The van der Waals surface area contributed by atoms with Gasteiger partial charge < -0.3 is 19.9 Å². The maximum absolute atomic E-state index is 11.9. The van der Waals surface area contributed by atoms with E-state index in [9.17, 15) is 9.59 Å². The zero-order chi connectivity index (χ0) is 19.3. The lowest BCUT2D eigenvalue weighted by atomic mass is 10.0. The first-order chi connectivity index (χ1) is 12.2. The lowest BCUT2D eigenvalue weighted by Gasteiger charge is -2.20. The van der Waals surface area contributed by atoms with E-state index in [0.717, 1.165) is 16.7 Å². The van der Waals surface area contributed by atoms with Gasteiger partial charge in [0, 0.05) is 12.1 Å². The largest absolute Gasteiger partial charge is 0.496 e. The fraction of sp³-hybridized carbons (Fsp3) is 0.300. The number of amides is 1. The third-order valence-corrected chi connectivity index (χ3v) is 3.55. The molecule has 0 heterocycles. The first-order valence-electron chi connectivity index (χ1n) is 8.17. The molecule has 0 radical (unpaired) electrons. The number of nitrogens with one attached hydrogen (secondary N) is 1. The molecule has 0 saturated carbocycles. The molecule has 6 heteroatoms. The Hall–Kier alpha value is -3.02. The van der Waals surface area contributed by atoms with Crippen LogP contribution >= 0.6 is 0 Å². The smallest absolute Gasteiger partial charge is 0.407 e. The second-order valence-electron chi connectivity index (χ2n) is 6.77. The van der Waals surface area contributed by atoms with Crippen LogP contribution in [0.15, 0.2) is 42.5 Å². The van der Waals surface area contributed by atoms with Crippen molar-refractivity contribution in [2.45, 2.75) is 32.9 Å². The summed E-state index contributed by atoms with van der Waals surface area (Å²) in [7, 11) is 1.55. The number of carboxylic acid groups (broad SMARTS) is 1. The Balaban J connectivity index is 2.24. The molecule has 0 aliphatic heterocycles. The molecule has 0 spiro atoms. The third-order valence-electron chi connectivity index (χ3n) is 3.55. The minimum atomic E-state index is -0.979. The Kier molecular flexibility index (Phi) is 5.87. The minimum Gasteiger partial charge on any atom is -0.496 e. The highest BCUT2D eigenvalue weighted by atomic mass is 16.6. The van der Waals surface area contributed by atoms with E-state index in [2.05, 4.69) is 5.32 Å². The lowest BCUT2D eigenvalue weighted by Crippen LogP contribution is -2.32. The Morgan fingerprint density at radius 1 is 1.08 bits per heavy atom. The van der Waals surface area contributed by atoms with Gasteiger partial charge in [0.1, 0.15) is 11.4 Å². The van der Waals surface area contributed by atoms with Gasteiger partial charge in [-0.2, -0.15) is 0 Å². The Morgan fingerprint density at radius 3 is 2.38 bits per heavy atom. The van der Waals surface area contributed by atoms with Gasteiger partial charge in [-0.25, -0.2) is 9.59 Å². The van der Waals surface area contributed by atoms with Crippen molar-refractivity contribution < 1.29 is 24.2 Å². The summed E-state index contributed by atoms with van der Waals surface area (Å²) in [4.78, 5) is 23.0. The summed E-state index contributed by atoms with van der Waals surface area (Å²) < 4.78 is 10.6. The number of methoxy groups -OCH3 is 1. The van der Waals surface area contributed by atoms with Crippen LogP contribution in [0.2, 0.25) is 0 Å². The van der Waals surface area contributed by atoms with Crippen molar-refractivity contribution in [3.05, 3.63) is 53.6 Å². The molecule has 0 bridgehead atoms. The lowest BCUT2D eigenvalue weighted by molar-refractivity contribution is 0.0522. The van der Waals surface area contributed by atoms with E-state index in [1.807, 2.05) is 18.2 Å². The average molecular weight is 357 g/mol. The van der Waals surface area contributed by atoms with E-state index in [-0.39, 0.29) is 12.1 Å². The van der Waals surface area contributed by atoms with Crippen molar-refractivity contribution in [1.29, 1.82) is 0 Å². The molecule has 0 unspecified atom stereocenters. The van der Waals surface area contributed by atoms with E-state index < -0.39 is 17.7 Å². The van der Waals surface area contributed by atoms with Crippen molar-refractivity contribution in [1.82, 2.24) is 5.32 Å². The molecule has 2 rings (SSSR count). The fourth-order valence-corrected chi connectivity index (χ4v) is 2.41. The van der Waals surface area contributed by atoms with Crippen LogP contribution in [0, 0.1) is 0 Å². The molecule has 26 heavy (non-hydrogen) atoms. The molecule has 0 atom stereocenters. The van der Waals surface area contributed by atoms with Crippen molar-refractivity contribution in [3.63, 3.8) is 0 Å². The molecule has 0 aliphatic rings. The number of carbonyl (C=O) groups is 2. The third kappa shape index (κ3) is 5.24. The van der Waals surface area contributed by atoms with Gasteiger partial charge in [0.2, 0.25) is 0 Å². The van der Waals surface area contributed by atoms with Crippen molar-refractivity contribution in [3.8, 4) is 16.9 Å². The molecule has 0 fully saturated rings. The Morgan fingerprint density at radius 2 is 1.77 bits per heavy atom. The normalized spacial score (nSPS) is 10.9. The predicted molar refractivity (Wildman–Crippen MR) is 98.5 cm³/mol. The number of hydrogen-bond donors (Lipinski definition) is 2. The van der Waals surface area contributed by atoms with Crippen molar-refractivity contribution in [2.24, 2.45) is 0 Å². The summed E-state index contributed by atoms with van der Waals surface area (Å²) in [6.45, 7) is 5.61. The number of alkyl carbamates (subject to hydrolysis) is 1. The molecular formula is C20H23NO5. The van der Waals surface area contributed by atoms with E-state index in [1.54, 1.807) is 52.1 Å². The zero-order valence-corrected chi connectivity index (χ0v) is 15.3. The van der Waals surface area contributed by atoms with E-state index in [4.69, 9.17) is 14.6 Å². The SMILES string of the molecule is COc1ccc(-c2cccc(C(=O)O)c2)cc1CNC(=O)OC(C)(C)C. The number of carboxylic acids is 1. The van der Waals surface area contributed by atoms with Gasteiger partial charge in [-0.3, -0.25) is 0 Å². The molecular weight excluding hydrogens is 334 g/mol. The Bertz CT molecular complexity index is 808. The highest BCUT2D eigenvalue weighted by Gasteiger charge is 2.16. The van der Waals surface area contributed by atoms with Crippen LogP contribution in [0.4, 0.5) is 4.79 Å². The molecule has 138 valence electrons. The summed E-state index contributed by atoms with van der Waals surface area (Å²) in [5.41, 5.74) is 2.00. The first-order valence-corrected chi connectivity index (χ1v) is 8.17. The average Bonchev–Trinajstić information content (AvgIpc) is 2.58. The quantitative estimate of drug-likeness (QED) is 0.842. The molecule has 1 amide bonds. The molecule has 6 nitrogen and oxygen atoms in total. The highest BCUT2D eigenvalue weighted by molar-refractivity contribution is 5.89. The maximum atomic E-state index is 11.9. The number of rotatable bonds is 5. The van der Waals surface area contributed by atoms with E-state index >= 15 is 0 Å². The van der Waals surface area contributed by atoms with Crippen molar-refractivity contribution in [2.75, 3.05) is 7.11 Å². The van der Waals surface area contributed by atoms with Gasteiger partial charge in [0.05, 0.1) is 12.7 Å². The summed E-state index contributed by atoms with van der Waals surface area (Å²) in [5, 5.41) is 11.9. The monoisotopic (exact) mass is 357 g/mol. The second kappa shape index (κ2) is 7.91. The topological polar surface area (TPSA) is 84.9 Å². The summed E-state index contributed by atoms with van der Waals surface area (Å²) in [5.74, 6) is -0.355. The van der Waals surface area contributed by atoms with Crippen LogP contribution in [0.1, 0.15) is 36.7 Å². The van der Waals surface area contributed by atoms with Gasteiger partial charge in [0.25, 0.3) is 0 Å². The van der Waals surface area contributed by atoms with Gasteiger partial charge in [0.15, 0.2) is 0 Å². The van der Waals surface area contributed by atoms with Gasteiger partial charge in [-0.1, -0.05) is 18.2 Å². The molecule has 0 aromatic heterocycles. The maximum Gasteiger partial charge on any atom is 0.407 e. The van der Waals surface area contributed by atoms with Crippen molar-refractivity contribution >= 4 is 12.1 Å². The van der Waals surface area contributed by atoms with Gasteiger partial charge in [-0.15, -0.1) is 0 Å². The molecule has 2 aromatic carbocycles. The fourth-order valence-electron chi connectivity index (χ4n) is 2.41. The number of benzene rings is 2. The summed E-state index contributed by atoms with van der Waals surface area (Å²) in [6, 6.07) is 12.2. The molecule has 2 N–H and O–H groups in total. The standard InChI is InChI=1S/C20H23NO5/c1-20(2,3)26-19(24)21-12-16-11-14(8-9-17(16)25-4)13-6-5-7-15(10-13)18(22)23/h5-11H,12H2,1-4H3,(H,21,24)(H,22,23). The Labute approximate surface area is 152 Å². The molecule has 2 aromatic rings.